The van der Waals surface area contributed by atoms with Crippen molar-refractivity contribution in [3.63, 3.8) is 0 Å². The lowest BCUT2D eigenvalue weighted by Gasteiger charge is -2.17. The smallest absolute Gasteiger partial charge is 0.236 e. The molecule has 2 N–H and O–H groups in total. The summed E-state index contributed by atoms with van der Waals surface area (Å²) >= 11 is 0. The fraction of sp³-hybridized carbons (Fsp3) is 0.917. The molecule has 0 heterocycles. The van der Waals surface area contributed by atoms with E-state index in [2.05, 4.69) is 24.5 Å². The predicted molar refractivity (Wildman–Crippen MR) is 64.8 cm³/mol. The Kier molecular flexibility index (Phi) is 8.38. The Bertz CT molecular complexity index is 171. The summed E-state index contributed by atoms with van der Waals surface area (Å²) in [6.45, 7) is 7.09. The Morgan fingerprint density at radius 1 is 1.33 bits per heavy atom. The maximum atomic E-state index is 11.5. The van der Waals surface area contributed by atoms with Gasteiger partial charge in [0, 0.05) is 6.54 Å². The molecule has 90 valence electrons. The van der Waals surface area contributed by atoms with Crippen LogP contribution in [-0.2, 0) is 4.79 Å². The van der Waals surface area contributed by atoms with Gasteiger partial charge in [-0.25, -0.2) is 0 Å². The largest absolute Gasteiger partial charge is 0.354 e. The van der Waals surface area contributed by atoms with E-state index in [1.54, 1.807) is 7.05 Å². The summed E-state index contributed by atoms with van der Waals surface area (Å²) in [5.41, 5.74) is 0. The van der Waals surface area contributed by atoms with Crippen molar-refractivity contribution >= 4 is 5.91 Å². The molecule has 0 aliphatic carbocycles. The van der Waals surface area contributed by atoms with Crippen molar-refractivity contribution in [3.8, 4) is 0 Å². The lowest BCUT2D eigenvalue weighted by atomic mass is 9.99. The van der Waals surface area contributed by atoms with Gasteiger partial charge in [-0.1, -0.05) is 33.1 Å². The van der Waals surface area contributed by atoms with Crippen LogP contribution in [0.5, 0.6) is 0 Å². The number of rotatable bonds is 8. The molecule has 2 atom stereocenters. The zero-order valence-electron chi connectivity index (χ0n) is 10.6. The van der Waals surface area contributed by atoms with E-state index in [1.807, 2.05) is 6.92 Å². The summed E-state index contributed by atoms with van der Waals surface area (Å²) in [5, 5.41) is 5.93. The molecule has 0 rings (SSSR count). The minimum atomic E-state index is -0.0892. The van der Waals surface area contributed by atoms with Gasteiger partial charge in [-0.3, -0.25) is 4.79 Å². The summed E-state index contributed by atoms with van der Waals surface area (Å²) in [6, 6.07) is -0.0892. The molecule has 3 heteroatoms. The van der Waals surface area contributed by atoms with Gasteiger partial charge in [0.15, 0.2) is 0 Å². The minimum absolute atomic E-state index is 0.0892. The lowest BCUT2D eigenvalue weighted by Crippen LogP contribution is -2.42. The molecule has 2 unspecified atom stereocenters. The zero-order valence-corrected chi connectivity index (χ0v) is 10.6. The van der Waals surface area contributed by atoms with E-state index < -0.39 is 0 Å². The van der Waals surface area contributed by atoms with E-state index in [1.165, 1.54) is 19.3 Å². The molecule has 0 saturated carbocycles. The van der Waals surface area contributed by atoms with Crippen molar-refractivity contribution in [1.82, 2.24) is 10.6 Å². The van der Waals surface area contributed by atoms with Gasteiger partial charge >= 0.3 is 0 Å². The number of hydrogen-bond acceptors (Lipinski definition) is 2. The molecule has 15 heavy (non-hydrogen) atoms. The maximum absolute atomic E-state index is 11.5. The number of carbonyl (C=O) groups excluding carboxylic acids is 1. The van der Waals surface area contributed by atoms with Crippen molar-refractivity contribution in [2.45, 2.75) is 52.5 Å². The molecule has 0 bridgehead atoms. The Hall–Kier alpha value is -0.570. The van der Waals surface area contributed by atoms with Crippen LogP contribution < -0.4 is 10.6 Å². The lowest BCUT2D eigenvalue weighted by molar-refractivity contribution is -0.122. The second kappa shape index (κ2) is 8.72. The third-order valence-electron chi connectivity index (χ3n) is 2.93. The van der Waals surface area contributed by atoms with Crippen LogP contribution in [0.4, 0.5) is 0 Å². The van der Waals surface area contributed by atoms with Gasteiger partial charge in [0.05, 0.1) is 6.04 Å². The van der Waals surface area contributed by atoms with Crippen molar-refractivity contribution < 1.29 is 4.79 Å². The first-order valence-corrected chi connectivity index (χ1v) is 6.10. The third-order valence-corrected chi connectivity index (χ3v) is 2.93. The summed E-state index contributed by atoms with van der Waals surface area (Å²) in [7, 11) is 1.80. The van der Waals surface area contributed by atoms with Crippen LogP contribution in [0.2, 0.25) is 0 Å². The third kappa shape index (κ3) is 6.50. The Morgan fingerprint density at radius 3 is 2.47 bits per heavy atom. The molecular weight excluding hydrogens is 188 g/mol. The molecular formula is C12H26N2O. The fourth-order valence-corrected chi connectivity index (χ4v) is 1.47. The maximum Gasteiger partial charge on any atom is 0.236 e. The van der Waals surface area contributed by atoms with Crippen molar-refractivity contribution in [2.75, 3.05) is 13.6 Å². The second-order valence-electron chi connectivity index (χ2n) is 4.17. The summed E-state index contributed by atoms with van der Waals surface area (Å²) in [5.74, 6) is 0.741. The summed E-state index contributed by atoms with van der Waals surface area (Å²) in [6.07, 6.45) is 4.86. The Labute approximate surface area is 94.0 Å². The molecule has 0 aromatic carbocycles. The van der Waals surface area contributed by atoms with Crippen LogP contribution >= 0.6 is 0 Å². The van der Waals surface area contributed by atoms with E-state index in [9.17, 15) is 4.79 Å². The van der Waals surface area contributed by atoms with Gasteiger partial charge in [-0.2, -0.15) is 0 Å². The van der Waals surface area contributed by atoms with Crippen molar-refractivity contribution in [3.05, 3.63) is 0 Å². The highest BCUT2D eigenvalue weighted by molar-refractivity contribution is 5.81. The van der Waals surface area contributed by atoms with Gasteiger partial charge in [0.2, 0.25) is 5.91 Å². The molecule has 0 aromatic rings. The topological polar surface area (TPSA) is 41.1 Å². The quantitative estimate of drug-likeness (QED) is 0.648. The highest BCUT2D eigenvalue weighted by atomic mass is 16.2. The van der Waals surface area contributed by atoms with Crippen LogP contribution in [0.15, 0.2) is 0 Å². The number of nitrogens with one attached hydrogen (secondary N) is 2. The van der Waals surface area contributed by atoms with Gasteiger partial charge < -0.3 is 10.6 Å². The number of carbonyl (C=O) groups is 1. The molecule has 3 nitrogen and oxygen atoms in total. The molecule has 0 aromatic heterocycles. The van der Waals surface area contributed by atoms with E-state index in [4.69, 9.17) is 0 Å². The highest BCUT2D eigenvalue weighted by Gasteiger charge is 2.12. The monoisotopic (exact) mass is 214 g/mol. The number of unbranched alkanes of at least 4 members (excludes halogenated alkanes) is 1. The summed E-state index contributed by atoms with van der Waals surface area (Å²) in [4.78, 5) is 11.5. The van der Waals surface area contributed by atoms with Crippen LogP contribution in [0.25, 0.3) is 0 Å². The predicted octanol–water partition coefficient (Wildman–Crippen LogP) is 1.93. The van der Waals surface area contributed by atoms with Gasteiger partial charge in [0.25, 0.3) is 0 Å². The standard InChI is InChI=1S/C12H26N2O/c1-5-7-8-11(6-2)9-14-12(15)10(3)13-4/h10-11,13H,5-9H2,1-4H3,(H,14,15). The number of likely N-dealkylation sites (N-methyl/N-ethyl adjacent to an activating group) is 1. The zero-order chi connectivity index (χ0) is 11.7. The molecule has 0 saturated heterocycles. The minimum Gasteiger partial charge on any atom is -0.354 e. The van der Waals surface area contributed by atoms with Gasteiger partial charge in [-0.15, -0.1) is 0 Å². The van der Waals surface area contributed by atoms with E-state index in [-0.39, 0.29) is 11.9 Å². The van der Waals surface area contributed by atoms with Crippen LogP contribution in [0, 0.1) is 5.92 Å². The summed E-state index contributed by atoms with van der Waals surface area (Å²) < 4.78 is 0. The highest BCUT2D eigenvalue weighted by Crippen LogP contribution is 2.11. The van der Waals surface area contributed by atoms with Crippen molar-refractivity contribution in [2.24, 2.45) is 5.92 Å². The van der Waals surface area contributed by atoms with Gasteiger partial charge in [0.1, 0.15) is 0 Å². The number of hydrogen-bond donors (Lipinski definition) is 2. The van der Waals surface area contributed by atoms with E-state index in [0.717, 1.165) is 13.0 Å². The first-order valence-electron chi connectivity index (χ1n) is 6.10. The normalized spacial score (nSPS) is 14.7. The molecule has 0 radical (unpaired) electrons. The molecule has 1 amide bonds. The number of amides is 1. The second-order valence-corrected chi connectivity index (χ2v) is 4.17. The van der Waals surface area contributed by atoms with Gasteiger partial charge in [-0.05, 0) is 26.3 Å². The average molecular weight is 214 g/mol. The fourth-order valence-electron chi connectivity index (χ4n) is 1.47. The average Bonchev–Trinajstić information content (AvgIpc) is 2.27. The molecule has 0 fully saturated rings. The van der Waals surface area contributed by atoms with Crippen LogP contribution in [0.1, 0.15) is 46.5 Å². The SMILES string of the molecule is CCCCC(CC)CNC(=O)C(C)NC. The van der Waals surface area contributed by atoms with Crippen LogP contribution in [0.3, 0.4) is 0 Å². The van der Waals surface area contributed by atoms with Crippen LogP contribution in [-0.4, -0.2) is 25.5 Å². The Morgan fingerprint density at radius 2 is 2.00 bits per heavy atom. The van der Waals surface area contributed by atoms with E-state index in [0.29, 0.717) is 5.92 Å². The Balaban J connectivity index is 3.74. The van der Waals surface area contributed by atoms with E-state index >= 15 is 0 Å². The molecule has 0 spiro atoms. The first kappa shape index (κ1) is 14.4. The molecule has 0 aliphatic rings. The van der Waals surface area contributed by atoms with Crippen molar-refractivity contribution in [1.29, 1.82) is 0 Å². The first-order chi connectivity index (χ1) is 7.15. The molecule has 0 aliphatic heterocycles.